The van der Waals surface area contributed by atoms with E-state index in [-0.39, 0.29) is 0 Å². The van der Waals surface area contributed by atoms with Crippen molar-refractivity contribution in [2.24, 2.45) is 5.92 Å². The van der Waals surface area contributed by atoms with Gasteiger partial charge in [-0.3, -0.25) is 0 Å². The quantitative estimate of drug-likeness (QED) is 0.125. The number of anilines is 1. The minimum absolute atomic E-state index is 0.426. The number of likely N-dealkylation sites (N-methyl/N-ethyl adjacent to an activating group) is 1. The second-order valence-corrected chi connectivity index (χ2v) is 13.8. The molecule has 1 fully saturated rings. The Balaban J connectivity index is 1.57. The number of allylic oxidation sites excluding steroid dienone is 7. The van der Waals surface area contributed by atoms with Crippen molar-refractivity contribution in [1.82, 2.24) is 4.31 Å². The summed E-state index contributed by atoms with van der Waals surface area (Å²) < 4.78 is 2.55. The van der Waals surface area contributed by atoms with Gasteiger partial charge in [0.2, 0.25) is 0 Å². The zero-order valence-corrected chi connectivity index (χ0v) is 27.9. The molecule has 1 unspecified atom stereocenters. The molecule has 2 nitrogen and oxygen atoms in total. The minimum Gasteiger partial charge on any atom is -0.369 e. The van der Waals surface area contributed by atoms with E-state index in [2.05, 4.69) is 134 Å². The van der Waals surface area contributed by atoms with Gasteiger partial charge >= 0.3 is 0 Å². The van der Waals surface area contributed by atoms with Crippen molar-refractivity contribution in [1.29, 1.82) is 0 Å². The fourth-order valence-electron chi connectivity index (χ4n) is 5.98. The van der Waals surface area contributed by atoms with Crippen LogP contribution in [-0.4, -0.2) is 30.5 Å². The molecule has 0 amide bonds. The van der Waals surface area contributed by atoms with Crippen LogP contribution in [0.4, 0.5) is 5.69 Å². The Kier molecular flexibility index (Phi) is 13.2. The fraction of sp³-hybridized carbons (Fsp3) is 0.333. The van der Waals surface area contributed by atoms with Crippen LogP contribution in [0.5, 0.6) is 0 Å². The SMILES string of the molecule is C=C/C=C/CN(CC(C1CCCCC1)N(C)c1cc(/C(C=C)=C/C=C\C)sc1C)Sc1ccc(Cc2ccccc2)cc1. The highest BCUT2D eigenvalue weighted by atomic mass is 32.2. The molecule has 0 aliphatic heterocycles. The standard InChI is InChI=1S/C39H48N2S2/c1-6-9-17-27-41(43-36-25-23-33(24-26-36)28-32-18-13-11-14-19-32)30-38(35-21-15-12-16-22-35)40(5)37-29-39(42-31(37)4)34(8-3)20-10-7-2/h6-11,13-14,17-20,23-26,29,35,38H,1,3,12,15-16,21-22,27-28,30H2,2,4-5H3/b10-7-,17-9+,34-20+. The van der Waals surface area contributed by atoms with Crippen LogP contribution in [0.15, 0.2) is 121 Å². The Morgan fingerprint density at radius 1 is 1.00 bits per heavy atom. The van der Waals surface area contributed by atoms with Crippen LogP contribution in [0.1, 0.15) is 59.9 Å². The summed E-state index contributed by atoms with van der Waals surface area (Å²) in [5, 5.41) is 0. The summed E-state index contributed by atoms with van der Waals surface area (Å²) in [5.41, 5.74) is 5.23. The summed E-state index contributed by atoms with van der Waals surface area (Å²) in [5.74, 6) is 0.679. The first-order chi connectivity index (χ1) is 21.0. The predicted octanol–water partition coefficient (Wildman–Crippen LogP) is 10.9. The molecule has 0 N–H and O–H groups in total. The molecule has 1 aromatic heterocycles. The van der Waals surface area contributed by atoms with E-state index in [1.807, 2.05) is 35.4 Å². The molecule has 1 aliphatic carbocycles. The Morgan fingerprint density at radius 2 is 1.72 bits per heavy atom. The largest absolute Gasteiger partial charge is 0.369 e. The van der Waals surface area contributed by atoms with E-state index >= 15 is 0 Å². The highest BCUT2D eigenvalue weighted by Gasteiger charge is 2.30. The van der Waals surface area contributed by atoms with Crippen molar-refractivity contribution in [2.75, 3.05) is 25.0 Å². The molecular formula is C39H48N2S2. The van der Waals surface area contributed by atoms with Gasteiger partial charge in [0.05, 0.1) is 5.69 Å². The van der Waals surface area contributed by atoms with Crippen LogP contribution < -0.4 is 4.90 Å². The van der Waals surface area contributed by atoms with Crippen molar-refractivity contribution in [3.63, 3.8) is 0 Å². The van der Waals surface area contributed by atoms with Crippen LogP contribution >= 0.6 is 23.3 Å². The molecule has 3 aromatic rings. The van der Waals surface area contributed by atoms with Gasteiger partial charge in [-0.05, 0) is 85.9 Å². The molecule has 1 saturated carbocycles. The summed E-state index contributed by atoms with van der Waals surface area (Å²) in [6.07, 6.45) is 22.1. The Morgan fingerprint density at radius 3 is 2.40 bits per heavy atom. The zero-order valence-electron chi connectivity index (χ0n) is 26.3. The smallest absolute Gasteiger partial charge is 0.0511 e. The van der Waals surface area contributed by atoms with E-state index in [0.717, 1.165) is 19.5 Å². The molecular weight excluding hydrogens is 561 g/mol. The van der Waals surface area contributed by atoms with Gasteiger partial charge in [0.1, 0.15) is 0 Å². The lowest BCUT2D eigenvalue weighted by molar-refractivity contribution is 0.271. The predicted molar refractivity (Wildman–Crippen MR) is 193 cm³/mol. The molecule has 4 rings (SSSR count). The zero-order chi connectivity index (χ0) is 30.4. The molecule has 0 spiro atoms. The average Bonchev–Trinajstić information content (AvgIpc) is 3.42. The van der Waals surface area contributed by atoms with E-state index in [9.17, 15) is 0 Å². The second kappa shape index (κ2) is 17.3. The number of hydrogen-bond acceptors (Lipinski definition) is 4. The summed E-state index contributed by atoms with van der Waals surface area (Å²) in [7, 11) is 2.32. The van der Waals surface area contributed by atoms with Crippen molar-refractivity contribution in [2.45, 2.75) is 63.3 Å². The van der Waals surface area contributed by atoms with Gasteiger partial charge in [-0.2, -0.15) is 0 Å². The van der Waals surface area contributed by atoms with Gasteiger partial charge in [-0.15, -0.1) is 11.3 Å². The lowest BCUT2D eigenvalue weighted by Gasteiger charge is -2.40. The van der Waals surface area contributed by atoms with E-state index in [4.69, 9.17) is 0 Å². The molecule has 0 bridgehead atoms. The first kappa shape index (κ1) is 32.9. The molecule has 1 atom stereocenters. The fourth-order valence-corrected chi connectivity index (χ4v) is 8.00. The maximum atomic E-state index is 4.09. The summed E-state index contributed by atoms with van der Waals surface area (Å²) in [4.78, 5) is 6.53. The van der Waals surface area contributed by atoms with E-state index in [1.165, 1.54) is 69.1 Å². The van der Waals surface area contributed by atoms with Crippen LogP contribution in [0.25, 0.3) is 5.57 Å². The highest BCUT2D eigenvalue weighted by Crippen LogP contribution is 2.38. The van der Waals surface area contributed by atoms with Crippen LogP contribution in [0.3, 0.4) is 0 Å². The topological polar surface area (TPSA) is 6.48 Å². The van der Waals surface area contributed by atoms with Gasteiger partial charge in [0, 0.05) is 40.8 Å². The number of nitrogens with zero attached hydrogens (tertiary/aromatic N) is 2. The summed E-state index contributed by atoms with van der Waals surface area (Å²) in [6, 6.07) is 22.7. The van der Waals surface area contributed by atoms with Gasteiger partial charge < -0.3 is 4.90 Å². The number of benzene rings is 2. The van der Waals surface area contributed by atoms with Crippen LogP contribution in [0, 0.1) is 12.8 Å². The highest BCUT2D eigenvalue weighted by molar-refractivity contribution is 7.97. The Labute approximate surface area is 269 Å². The Bertz CT molecular complexity index is 1370. The van der Waals surface area contributed by atoms with Crippen LogP contribution in [0.2, 0.25) is 0 Å². The van der Waals surface area contributed by atoms with Gasteiger partial charge in [0.25, 0.3) is 0 Å². The third-order valence-corrected chi connectivity index (χ3v) is 10.4. The van der Waals surface area contributed by atoms with Crippen molar-refractivity contribution >= 4 is 34.5 Å². The molecule has 2 aromatic carbocycles. The lowest BCUT2D eigenvalue weighted by Crippen LogP contribution is -2.46. The first-order valence-corrected chi connectivity index (χ1v) is 17.2. The van der Waals surface area contributed by atoms with Gasteiger partial charge in [-0.25, -0.2) is 4.31 Å². The number of thiophene rings is 1. The molecule has 4 heteroatoms. The van der Waals surface area contributed by atoms with Crippen molar-refractivity contribution < 1.29 is 0 Å². The Hall–Kier alpha value is -3.05. The molecule has 1 heterocycles. The molecule has 43 heavy (non-hydrogen) atoms. The average molecular weight is 609 g/mol. The third-order valence-electron chi connectivity index (χ3n) is 8.32. The second-order valence-electron chi connectivity index (χ2n) is 11.4. The van der Waals surface area contributed by atoms with Gasteiger partial charge in [-0.1, -0.05) is 117 Å². The molecule has 0 saturated heterocycles. The first-order valence-electron chi connectivity index (χ1n) is 15.6. The van der Waals surface area contributed by atoms with E-state index < -0.39 is 0 Å². The molecule has 1 aliphatic rings. The summed E-state index contributed by atoms with van der Waals surface area (Å²) >= 11 is 3.75. The van der Waals surface area contributed by atoms with E-state index in [0.29, 0.717) is 12.0 Å². The van der Waals surface area contributed by atoms with Crippen molar-refractivity contribution in [3.8, 4) is 0 Å². The van der Waals surface area contributed by atoms with E-state index in [1.54, 1.807) is 0 Å². The maximum absolute atomic E-state index is 4.09. The van der Waals surface area contributed by atoms with Gasteiger partial charge in [0.15, 0.2) is 0 Å². The number of hydrogen-bond donors (Lipinski definition) is 0. The minimum atomic E-state index is 0.426. The molecule has 226 valence electrons. The lowest BCUT2D eigenvalue weighted by atomic mass is 9.83. The monoisotopic (exact) mass is 608 g/mol. The third kappa shape index (κ3) is 9.72. The van der Waals surface area contributed by atoms with Crippen LogP contribution in [-0.2, 0) is 6.42 Å². The maximum Gasteiger partial charge on any atom is 0.0511 e. The number of rotatable bonds is 15. The molecule has 0 radical (unpaired) electrons. The summed E-state index contributed by atoms with van der Waals surface area (Å²) in [6.45, 7) is 14.2. The normalized spacial score (nSPS) is 15.4. The number of aryl methyl sites for hydroxylation is 1. The van der Waals surface area contributed by atoms with Crippen molar-refractivity contribution in [3.05, 3.63) is 137 Å².